The number of carbonyl (C=O) groups is 2. The molecule has 1 N–H and O–H groups in total. The summed E-state index contributed by atoms with van der Waals surface area (Å²) in [6.45, 7) is 4.39. The normalized spacial score (nSPS) is 22.1. The molecule has 1 aromatic rings. The molecule has 2 unspecified atom stereocenters. The van der Waals surface area contributed by atoms with Gasteiger partial charge in [-0.25, -0.2) is 0 Å². The molecule has 0 bridgehead atoms. The standard InChI is InChI=1S/C17H23NO3/c1-12-4-3-5-14(10-12)7-9-16(19)18-11-15(17(20)21)8-6-13(18)2/h3-5,10,13,15H,6-9,11H2,1-2H3,(H,20,21). The van der Waals surface area contributed by atoms with Crippen molar-refractivity contribution in [3.05, 3.63) is 35.4 Å². The van der Waals surface area contributed by atoms with E-state index in [1.165, 1.54) is 5.56 Å². The van der Waals surface area contributed by atoms with Gasteiger partial charge in [-0.05, 0) is 38.7 Å². The zero-order valence-electron chi connectivity index (χ0n) is 12.7. The molecule has 1 heterocycles. The molecule has 114 valence electrons. The van der Waals surface area contributed by atoms with Crippen LogP contribution in [0.3, 0.4) is 0 Å². The number of aliphatic carboxylic acids is 1. The number of nitrogens with zero attached hydrogens (tertiary/aromatic N) is 1. The maximum absolute atomic E-state index is 12.4. The van der Waals surface area contributed by atoms with E-state index in [1.54, 1.807) is 4.90 Å². The predicted molar refractivity (Wildman–Crippen MR) is 81.0 cm³/mol. The summed E-state index contributed by atoms with van der Waals surface area (Å²) in [6.07, 6.45) is 2.59. The van der Waals surface area contributed by atoms with E-state index in [-0.39, 0.29) is 11.9 Å². The number of likely N-dealkylation sites (tertiary alicyclic amines) is 1. The molecule has 4 nitrogen and oxygen atoms in total. The topological polar surface area (TPSA) is 57.6 Å². The molecule has 0 saturated carbocycles. The van der Waals surface area contributed by atoms with Crippen LogP contribution in [0, 0.1) is 12.8 Å². The first-order valence-corrected chi connectivity index (χ1v) is 7.55. The van der Waals surface area contributed by atoms with Gasteiger partial charge >= 0.3 is 5.97 Å². The highest BCUT2D eigenvalue weighted by Crippen LogP contribution is 2.23. The molecule has 1 aromatic carbocycles. The van der Waals surface area contributed by atoms with Crippen molar-refractivity contribution >= 4 is 11.9 Å². The van der Waals surface area contributed by atoms with Gasteiger partial charge in [-0.3, -0.25) is 9.59 Å². The second-order valence-corrected chi connectivity index (χ2v) is 6.00. The van der Waals surface area contributed by atoms with Crippen molar-refractivity contribution in [3.63, 3.8) is 0 Å². The number of aryl methyl sites for hydroxylation is 2. The largest absolute Gasteiger partial charge is 0.481 e. The molecule has 0 radical (unpaired) electrons. The Hall–Kier alpha value is -1.84. The molecule has 21 heavy (non-hydrogen) atoms. The Kier molecular flexibility index (Phi) is 4.99. The van der Waals surface area contributed by atoms with Crippen LogP contribution >= 0.6 is 0 Å². The van der Waals surface area contributed by atoms with Gasteiger partial charge in [-0.2, -0.15) is 0 Å². The number of benzene rings is 1. The van der Waals surface area contributed by atoms with E-state index in [2.05, 4.69) is 6.07 Å². The van der Waals surface area contributed by atoms with E-state index in [1.807, 2.05) is 32.0 Å². The SMILES string of the molecule is Cc1cccc(CCC(=O)N2CC(C(=O)O)CCC2C)c1. The van der Waals surface area contributed by atoms with Crippen molar-refractivity contribution in [1.82, 2.24) is 4.90 Å². The van der Waals surface area contributed by atoms with Gasteiger partial charge in [0, 0.05) is 19.0 Å². The van der Waals surface area contributed by atoms with Crippen molar-refractivity contribution < 1.29 is 14.7 Å². The van der Waals surface area contributed by atoms with E-state index >= 15 is 0 Å². The van der Waals surface area contributed by atoms with Gasteiger partial charge in [0.25, 0.3) is 0 Å². The third-order valence-electron chi connectivity index (χ3n) is 4.26. The number of rotatable bonds is 4. The van der Waals surface area contributed by atoms with Gasteiger partial charge in [0.2, 0.25) is 5.91 Å². The Morgan fingerprint density at radius 3 is 2.76 bits per heavy atom. The van der Waals surface area contributed by atoms with Gasteiger partial charge in [0.15, 0.2) is 0 Å². The summed E-state index contributed by atoms with van der Waals surface area (Å²) in [5.74, 6) is -1.14. The van der Waals surface area contributed by atoms with Crippen LogP contribution in [0.2, 0.25) is 0 Å². The van der Waals surface area contributed by atoms with Crippen molar-refractivity contribution in [2.45, 2.75) is 45.6 Å². The third-order valence-corrected chi connectivity index (χ3v) is 4.26. The minimum Gasteiger partial charge on any atom is -0.481 e. The molecule has 2 rings (SSSR count). The maximum Gasteiger partial charge on any atom is 0.308 e. The summed E-state index contributed by atoms with van der Waals surface area (Å²) in [5, 5.41) is 9.12. The highest BCUT2D eigenvalue weighted by atomic mass is 16.4. The van der Waals surface area contributed by atoms with Crippen LogP contribution in [0.25, 0.3) is 0 Å². The Morgan fingerprint density at radius 2 is 2.10 bits per heavy atom. The Bertz CT molecular complexity index is 527. The first kappa shape index (κ1) is 15.5. The van der Waals surface area contributed by atoms with Crippen LogP contribution in [0.5, 0.6) is 0 Å². The number of hydrogen-bond donors (Lipinski definition) is 1. The molecule has 0 spiro atoms. The van der Waals surface area contributed by atoms with Crippen molar-refractivity contribution in [2.75, 3.05) is 6.54 Å². The van der Waals surface area contributed by atoms with Crippen LogP contribution in [-0.4, -0.2) is 34.5 Å². The lowest BCUT2D eigenvalue weighted by molar-refractivity contribution is -0.147. The fourth-order valence-electron chi connectivity index (χ4n) is 2.92. The van der Waals surface area contributed by atoms with Crippen LogP contribution in [0.1, 0.15) is 37.3 Å². The van der Waals surface area contributed by atoms with Gasteiger partial charge in [-0.1, -0.05) is 29.8 Å². The quantitative estimate of drug-likeness (QED) is 0.927. The van der Waals surface area contributed by atoms with Gasteiger partial charge in [0.05, 0.1) is 5.92 Å². The molecule has 0 aliphatic carbocycles. The van der Waals surface area contributed by atoms with Crippen LogP contribution in [-0.2, 0) is 16.0 Å². The van der Waals surface area contributed by atoms with Gasteiger partial charge in [0.1, 0.15) is 0 Å². The van der Waals surface area contributed by atoms with Crippen LogP contribution < -0.4 is 0 Å². The summed E-state index contributed by atoms with van der Waals surface area (Å²) in [5.41, 5.74) is 2.35. The van der Waals surface area contributed by atoms with Crippen LogP contribution in [0.4, 0.5) is 0 Å². The molecular weight excluding hydrogens is 266 g/mol. The summed E-state index contributed by atoms with van der Waals surface area (Å²) < 4.78 is 0. The molecule has 1 fully saturated rings. The minimum atomic E-state index is -0.793. The number of carboxylic acids is 1. The smallest absolute Gasteiger partial charge is 0.308 e. The number of carbonyl (C=O) groups excluding carboxylic acids is 1. The molecule has 4 heteroatoms. The first-order valence-electron chi connectivity index (χ1n) is 7.55. The maximum atomic E-state index is 12.4. The summed E-state index contributed by atoms with van der Waals surface area (Å²) >= 11 is 0. The average Bonchev–Trinajstić information content (AvgIpc) is 2.45. The molecule has 1 saturated heterocycles. The number of amides is 1. The fourth-order valence-corrected chi connectivity index (χ4v) is 2.92. The Balaban J connectivity index is 1.93. The molecular formula is C17H23NO3. The molecule has 2 atom stereocenters. The highest BCUT2D eigenvalue weighted by molar-refractivity contribution is 5.78. The van der Waals surface area contributed by atoms with E-state index in [9.17, 15) is 9.59 Å². The lowest BCUT2D eigenvalue weighted by Crippen LogP contribution is -2.47. The second-order valence-electron chi connectivity index (χ2n) is 6.00. The number of hydrogen-bond acceptors (Lipinski definition) is 2. The summed E-state index contributed by atoms with van der Waals surface area (Å²) in [7, 11) is 0. The molecule has 1 aliphatic rings. The highest BCUT2D eigenvalue weighted by Gasteiger charge is 2.32. The number of piperidine rings is 1. The van der Waals surface area contributed by atoms with E-state index in [0.29, 0.717) is 25.8 Å². The lowest BCUT2D eigenvalue weighted by Gasteiger charge is -2.36. The zero-order chi connectivity index (χ0) is 15.4. The van der Waals surface area contributed by atoms with E-state index in [4.69, 9.17) is 5.11 Å². The van der Waals surface area contributed by atoms with Crippen molar-refractivity contribution in [3.8, 4) is 0 Å². The van der Waals surface area contributed by atoms with Crippen LogP contribution in [0.15, 0.2) is 24.3 Å². The predicted octanol–water partition coefficient (Wildman–Crippen LogP) is 2.64. The van der Waals surface area contributed by atoms with E-state index in [0.717, 1.165) is 12.0 Å². The van der Waals surface area contributed by atoms with Gasteiger partial charge in [-0.15, -0.1) is 0 Å². The van der Waals surface area contributed by atoms with Crippen molar-refractivity contribution in [1.29, 1.82) is 0 Å². The summed E-state index contributed by atoms with van der Waals surface area (Å²) in [6, 6.07) is 8.30. The molecule has 1 aliphatic heterocycles. The zero-order valence-corrected chi connectivity index (χ0v) is 12.7. The average molecular weight is 289 g/mol. The summed E-state index contributed by atoms with van der Waals surface area (Å²) in [4.78, 5) is 25.2. The number of carboxylic acid groups (broad SMARTS) is 1. The monoisotopic (exact) mass is 289 g/mol. The van der Waals surface area contributed by atoms with E-state index < -0.39 is 11.9 Å². The second kappa shape index (κ2) is 6.74. The fraction of sp³-hybridized carbons (Fsp3) is 0.529. The van der Waals surface area contributed by atoms with Gasteiger partial charge < -0.3 is 10.0 Å². The molecule has 1 amide bonds. The molecule has 0 aromatic heterocycles. The lowest BCUT2D eigenvalue weighted by atomic mass is 9.93. The van der Waals surface area contributed by atoms with Crippen molar-refractivity contribution in [2.24, 2.45) is 5.92 Å². The first-order chi connectivity index (χ1) is 9.97. The Labute approximate surface area is 125 Å². The third kappa shape index (κ3) is 4.06. The minimum absolute atomic E-state index is 0.0648. The Morgan fingerprint density at radius 1 is 1.33 bits per heavy atom.